The number of aryl methyl sites for hydroxylation is 1. The normalized spacial score (nSPS) is 22.2. The number of anilines is 1. The van der Waals surface area contributed by atoms with Gasteiger partial charge in [-0.25, -0.2) is 0 Å². The molecule has 0 bridgehead atoms. The molecule has 1 heterocycles. The van der Waals surface area contributed by atoms with Crippen LogP contribution in [0, 0.1) is 12.8 Å². The minimum atomic E-state index is 0.550. The van der Waals surface area contributed by atoms with Crippen LogP contribution in [0.1, 0.15) is 44.9 Å². The molecule has 21 heavy (non-hydrogen) atoms. The Kier molecular flexibility index (Phi) is 4.23. The standard InChI is InChI=1S/C17H23N3O/c1-3-13-8-4-6-10-15(13)18-16-11-7-5-9-14(16)17-20-19-12(2)21-17/h5,7,9,11,13,15,18H,3-4,6,8,10H2,1-2H3. The van der Waals surface area contributed by atoms with Crippen LogP contribution in [-0.2, 0) is 0 Å². The van der Waals surface area contributed by atoms with Crippen molar-refractivity contribution in [3.8, 4) is 11.5 Å². The molecule has 0 saturated heterocycles. The molecule has 1 fully saturated rings. The summed E-state index contributed by atoms with van der Waals surface area (Å²) in [6.45, 7) is 4.11. The van der Waals surface area contributed by atoms with Gasteiger partial charge in [-0.15, -0.1) is 10.2 Å². The number of hydrogen-bond donors (Lipinski definition) is 1. The van der Waals surface area contributed by atoms with Crippen LogP contribution in [-0.4, -0.2) is 16.2 Å². The molecule has 2 unspecified atom stereocenters. The van der Waals surface area contributed by atoms with Crippen LogP contribution in [0.2, 0.25) is 0 Å². The number of nitrogens with zero attached hydrogens (tertiary/aromatic N) is 2. The summed E-state index contributed by atoms with van der Waals surface area (Å²) >= 11 is 0. The SMILES string of the molecule is CCC1CCCCC1Nc1ccccc1-c1nnc(C)o1. The predicted molar refractivity (Wildman–Crippen MR) is 84.1 cm³/mol. The molecule has 0 aliphatic heterocycles. The monoisotopic (exact) mass is 285 g/mol. The van der Waals surface area contributed by atoms with E-state index in [0.717, 1.165) is 17.2 Å². The molecule has 1 N–H and O–H groups in total. The highest BCUT2D eigenvalue weighted by Gasteiger charge is 2.24. The Bertz CT molecular complexity index is 593. The van der Waals surface area contributed by atoms with E-state index in [1.165, 1.54) is 32.1 Å². The zero-order valence-electron chi connectivity index (χ0n) is 12.8. The van der Waals surface area contributed by atoms with E-state index in [-0.39, 0.29) is 0 Å². The first-order chi connectivity index (χ1) is 10.3. The highest BCUT2D eigenvalue weighted by molar-refractivity contribution is 5.72. The Morgan fingerprint density at radius 2 is 2.00 bits per heavy atom. The van der Waals surface area contributed by atoms with Crippen LogP contribution in [0.15, 0.2) is 28.7 Å². The second-order valence-electron chi connectivity index (χ2n) is 5.88. The van der Waals surface area contributed by atoms with Crippen molar-refractivity contribution in [2.75, 3.05) is 5.32 Å². The lowest BCUT2D eigenvalue weighted by molar-refractivity contribution is 0.317. The Morgan fingerprint density at radius 3 is 2.76 bits per heavy atom. The summed E-state index contributed by atoms with van der Waals surface area (Å²) in [5.41, 5.74) is 2.10. The van der Waals surface area contributed by atoms with Crippen LogP contribution in [0.5, 0.6) is 0 Å². The average molecular weight is 285 g/mol. The van der Waals surface area contributed by atoms with Gasteiger partial charge in [0.1, 0.15) is 0 Å². The van der Waals surface area contributed by atoms with Crippen LogP contribution >= 0.6 is 0 Å². The lowest BCUT2D eigenvalue weighted by Gasteiger charge is -2.32. The molecule has 3 rings (SSSR count). The number of rotatable bonds is 4. The molecule has 112 valence electrons. The third-order valence-corrected chi connectivity index (χ3v) is 4.46. The van der Waals surface area contributed by atoms with Crippen molar-refractivity contribution < 1.29 is 4.42 Å². The fourth-order valence-electron chi connectivity index (χ4n) is 3.29. The number of hydrogen-bond acceptors (Lipinski definition) is 4. The minimum absolute atomic E-state index is 0.550. The van der Waals surface area contributed by atoms with Gasteiger partial charge in [-0.1, -0.05) is 38.3 Å². The molecular formula is C17H23N3O. The summed E-state index contributed by atoms with van der Waals surface area (Å²) in [6, 6.07) is 8.76. The van der Waals surface area contributed by atoms with Crippen molar-refractivity contribution in [3.05, 3.63) is 30.2 Å². The van der Waals surface area contributed by atoms with E-state index in [9.17, 15) is 0 Å². The smallest absolute Gasteiger partial charge is 0.249 e. The summed E-state index contributed by atoms with van der Waals surface area (Å²) in [7, 11) is 0. The number of para-hydroxylation sites is 1. The van der Waals surface area contributed by atoms with E-state index in [1.54, 1.807) is 0 Å². The third-order valence-electron chi connectivity index (χ3n) is 4.46. The fraction of sp³-hybridized carbons (Fsp3) is 0.529. The lowest BCUT2D eigenvalue weighted by atomic mass is 9.82. The quantitative estimate of drug-likeness (QED) is 0.903. The summed E-state index contributed by atoms with van der Waals surface area (Å²) in [5.74, 6) is 1.96. The van der Waals surface area contributed by atoms with Crippen molar-refractivity contribution in [2.45, 2.75) is 52.0 Å². The van der Waals surface area contributed by atoms with Crippen molar-refractivity contribution in [2.24, 2.45) is 5.92 Å². The lowest BCUT2D eigenvalue weighted by Crippen LogP contribution is -2.31. The van der Waals surface area contributed by atoms with Crippen LogP contribution < -0.4 is 5.32 Å². The first-order valence-electron chi connectivity index (χ1n) is 7.94. The van der Waals surface area contributed by atoms with Crippen LogP contribution in [0.25, 0.3) is 11.5 Å². The van der Waals surface area contributed by atoms with E-state index in [2.05, 4.69) is 34.6 Å². The van der Waals surface area contributed by atoms with Gasteiger partial charge in [0, 0.05) is 18.7 Å². The Balaban J connectivity index is 1.85. The van der Waals surface area contributed by atoms with E-state index in [0.29, 0.717) is 17.8 Å². The Labute approximate surface area is 126 Å². The van der Waals surface area contributed by atoms with Gasteiger partial charge in [0.2, 0.25) is 11.8 Å². The largest absolute Gasteiger partial charge is 0.421 e. The van der Waals surface area contributed by atoms with E-state index >= 15 is 0 Å². The zero-order valence-corrected chi connectivity index (χ0v) is 12.8. The molecular weight excluding hydrogens is 262 g/mol. The van der Waals surface area contributed by atoms with Gasteiger partial charge in [0.15, 0.2) is 0 Å². The predicted octanol–water partition coefficient (Wildman–Crippen LogP) is 4.43. The van der Waals surface area contributed by atoms with Gasteiger partial charge < -0.3 is 9.73 Å². The summed E-state index contributed by atoms with van der Waals surface area (Å²) in [5, 5.41) is 11.8. The van der Waals surface area contributed by atoms with Crippen LogP contribution in [0.3, 0.4) is 0 Å². The van der Waals surface area contributed by atoms with Gasteiger partial charge in [-0.3, -0.25) is 0 Å². The van der Waals surface area contributed by atoms with E-state index < -0.39 is 0 Å². The van der Waals surface area contributed by atoms with Crippen molar-refractivity contribution in [1.29, 1.82) is 0 Å². The summed E-state index contributed by atoms with van der Waals surface area (Å²) in [4.78, 5) is 0. The Hall–Kier alpha value is -1.84. The number of benzene rings is 1. The maximum absolute atomic E-state index is 5.59. The fourth-order valence-corrected chi connectivity index (χ4v) is 3.29. The zero-order chi connectivity index (χ0) is 14.7. The highest BCUT2D eigenvalue weighted by atomic mass is 16.4. The van der Waals surface area contributed by atoms with Gasteiger partial charge in [0.25, 0.3) is 0 Å². The van der Waals surface area contributed by atoms with Crippen molar-refractivity contribution in [3.63, 3.8) is 0 Å². The first kappa shape index (κ1) is 14.1. The van der Waals surface area contributed by atoms with Crippen molar-refractivity contribution >= 4 is 5.69 Å². The van der Waals surface area contributed by atoms with Gasteiger partial charge >= 0.3 is 0 Å². The third kappa shape index (κ3) is 3.09. The molecule has 0 spiro atoms. The van der Waals surface area contributed by atoms with Crippen LogP contribution in [0.4, 0.5) is 5.69 Å². The molecule has 1 aliphatic carbocycles. The Morgan fingerprint density at radius 1 is 1.19 bits per heavy atom. The average Bonchev–Trinajstić information content (AvgIpc) is 2.95. The van der Waals surface area contributed by atoms with Gasteiger partial charge in [-0.2, -0.15) is 0 Å². The first-order valence-corrected chi connectivity index (χ1v) is 7.94. The molecule has 4 heteroatoms. The topological polar surface area (TPSA) is 51.0 Å². The summed E-state index contributed by atoms with van der Waals surface area (Å²) < 4.78 is 5.59. The van der Waals surface area contributed by atoms with E-state index in [4.69, 9.17) is 4.42 Å². The second kappa shape index (κ2) is 6.29. The molecule has 1 aromatic carbocycles. The molecule has 1 aromatic heterocycles. The molecule has 4 nitrogen and oxygen atoms in total. The van der Waals surface area contributed by atoms with Crippen molar-refractivity contribution in [1.82, 2.24) is 10.2 Å². The molecule has 0 amide bonds. The van der Waals surface area contributed by atoms with E-state index in [1.807, 2.05) is 19.1 Å². The number of aromatic nitrogens is 2. The van der Waals surface area contributed by atoms with Gasteiger partial charge in [-0.05, 0) is 30.9 Å². The molecule has 0 radical (unpaired) electrons. The van der Waals surface area contributed by atoms with Gasteiger partial charge in [0.05, 0.1) is 5.56 Å². The molecule has 1 aliphatic rings. The summed E-state index contributed by atoms with van der Waals surface area (Å²) in [6.07, 6.45) is 6.49. The minimum Gasteiger partial charge on any atom is -0.421 e. The highest BCUT2D eigenvalue weighted by Crippen LogP contribution is 2.33. The maximum atomic E-state index is 5.59. The molecule has 2 atom stereocenters. The molecule has 1 saturated carbocycles. The number of nitrogens with one attached hydrogen (secondary N) is 1. The molecule has 2 aromatic rings. The maximum Gasteiger partial charge on any atom is 0.249 e. The second-order valence-corrected chi connectivity index (χ2v) is 5.88.